The summed E-state index contributed by atoms with van der Waals surface area (Å²) < 4.78 is 6.85. The van der Waals surface area contributed by atoms with Crippen molar-refractivity contribution in [2.45, 2.75) is 45.2 Å². The summed E-state index contributed by atoms with van der Waals surface area (Å²) in [7, 11) is -2.42. The molecule has 2 aromatic rings. The number of rotatable bonds is 9. The molecule has 0 fully saturated rings. The fourth-order valence-corrected chi connectivity index (χ4v) is 8.14. The molecule has 0 saturated heterocycles. The molecule has 0 unspecified atom stereocenters. The first-order chi connectivity index (χ1) is 12.4. The molecule has 2 rings (SSSR count). The van der Waals surface area contributed by atoms with Crippen LogP contribution in [0.1, 0.15) is 34.1 Å². The quantitative estimate of drug-likeness (QED) is 0.666. The van der Waals surface area contributed by atoms with E-state index in [9.17, 15) is 0 Å². The van der Waals surface area contributed by atoms with Gasteiger partial charge in [-0.25, -0.2) is 0 Å². The van der Waals surface area contributed by atoms with Crippen molar-refractivity contribution in [2.75, 3.05) is 19.8 Å². The van der Waals surface area contributed by atoms with Gasteiger partial charge in [-0.05, 0) is 28.8 Å². The molecule has 0 radical (unpaired) electrons. The van der Waals surface area contributed by atoms with Crippen LogP contribution in [0.2, 0.25) is 5.04 Å². The lowest BCUT2D eigenvalue weighted by Crippen LogP contribution is -2.66. The van der Waals surface area contributed by atoms with Crippen molar-refractivity contribution >= 4 is 18.7 Å². The molecule has 0 aliphatic heterocycles. The van der Waals surface area contributed by atoms with Crippen molar-refractivity contribution < 1.29 is 9.53 Å². The third-order valence-electron chi connectivity index (χ3n) is 4.89. The van der Waals surface area contributed by atoms with Gasteiger partial charge in [-0.1, -0.05) is 81.4 Å². The van der Waals surface area contributed by atoms with Gasteiger partial charge in [-0.15, -0.1) is 0 Å². The Bertz CT molecular complexity index is 601. The van der Waals surface area contributed by atoms with Crippen LogP contribution in [0.5, 0.6) is 0 Å². The number of hydrogen-bond acceptors (Lipinski definition) is 3. The highest BCUT2D eigenvalue weighted by atomic mass is 28.4. The summed E-state index contributed by atoms with van der Waals surface area (Å²) in [6, 6.07) is 21.8. The number of nitrogens with one attached hydrogen (secondary N) is 1. The summed E-state index contributed by atoms with van der Waals surface area (Å²) in [6.07, 6.45) is 0.921. The summed E-state index contributed by atoms with van der Waals surface area (Å²) in [5.41, 5.74) is 0. The molecule has 0 heterocycles. The number of hydrogen-bond donors (Lipinski definition) is 2. The standard InChI is InChI=1S/C22H33NO2Si/c1-19(23-16-17-24)15-18-25-26(22(2,3)4,20-11-7-5-8-12-20)21-13-9-6-10-14-21/h5-14,19,23-24H,15-18H2,1-4H3/t19-/m0/s1. The minimum absolute atomic E-state index is 0.0114. The summed E-state index contributed by atoms with van der Waals surface area (Å²) >= 11 is 0. The van der Waals surface area contributed by atoms with E-state index in [1.54, 1.807) is 0 Å². The highest BCUT2D eigenvalue weighted by molar-refractivity contribution is 6.99. The zero-order valence-corrected chi connectivity index (χ0v) is 17.5. The second-order valence-electron chi connectivity index (χ2n) is 7.88. The Morgan fingerprint density at radius 3 is 1.88 bits per heavy atom. The van der Waals surface area contributed by atoms with E-state index < -0.39 is 8.32 Å². The topological polar surface area (TPSA) is 41.5 Å². The van der Waals surface area contributed by atoms with Gasteiger partial charge in [0.2, 0.25) is 0 Å². The van der Waals surface area contributed by atoms with Crippen LogP contribution in [-0.4, -0.2) is 39.2 Å². The molecule has 2 N–H and O–H groups in total. The predicted molar refractivity (Wildman–Crippen MR) is 113 cm³/mol. The van der Waals surface area contributed by atoms with Gasteiger partial charge >= 0.3 is 0 Å². The van der Waals surface area contributed by atoms with Crippen molar-refractivity contribution in [3.05, 3.63) is 60.7 Å². The van der Waals surface area contributed by atoms with Crippen molar-refractivity contribution in [3.8, 4) is 0 Å². The second kappa shape index (κ2) is 9.47. The van der Waals surface area contributed by atoms with E-state index in [4.69, 9.17) is 9.53 Å². The third kappa shape index (κ3) is 4.83. The lowest BCUT2D eigenvalue weighted by molar-refractivity contribution is 0.257. The van der Waals surface area contributed by atoms with Gasteiger partial charge in [-0.3, -0.25) is 0 Å². The zero-order chi connectivity index (χ0) is 19.0. The molecular formula is C22H33NO2Si. The monoisotopic (exact) mass is 371 g/mol. The fraction of sp³-hybridized carbons (Fsp3) is 0.455. The van der Waals surface area contributed by atoms with Crippen LogP contribution in [0.15, 0.2) is 60.7 Å². The first kappa shape index (κ1) is 20.8. The van der Waals surface area contributed by atoms with Gasteiger partial charge in [0.15, 0.2) is 0 Å². The maximum Gasteiger partial charge on any atom is 0.261 e. The van der Waals surface area contributed by atoms with Crippen molar-refractivity contribution in [1.82, 2.24) is 5.32 Å². The van der Waals surface area contributed by atoms with Gasteiger partial charge in [0.1, 0.15) is 0 Å². The molecule has 26 heavy (non-hydrogen) atoms. The van der Waals surface area contributed by atoms with E-state index in [0.29, 0.717) is 19.2 Å². The van der Waals surface area contributed by atoms with Gasteiger partial charge in [-0.2, -0.15) is 0 Å². The molecule has 0 amide bonds. The molecule has 0 aliphatic rings. The van der Waals surface area contributed by atoms with Crippen molar-refractivity contribution in [3.63, 3.8) is 0 Å². The Kier molecular flexibility index (Phi) is 7.59. The second-order valence-corrected chi connectivity index (χ2v) is 12.2. The maximum absolute atomic E-state index is 8.99. The van der Waals surface area contributed by atoms with Crippen LogP contribution < -0.4 is 15.7 Å². The first-order valence-electron chi connectivity index (χ1n) is 9.51. The molecule has 1 atom stereocenters. The number of benzene rings is 2. The third-order valence-corrected chi connectivity index (χ3v) is 9.93. The Hall–Kier alpha value is -1.46. The van der Waals surface area contributed by atoms with E-state index in [0.717, 1.165) is 6.42 Å². The summed E-state index contributed by atoms with van der Waals surface area (Å²) in [4.78, 5) is 0. The lowest BCUT2D eigenvalue weighted by Gasteiger charge is -2.43. The summed E-state index contributed by atoms with van der Waals surface area (Å²) in [5, 5.41) is 14.9. The summed E-state index contributed by atoms with van der Waals surface area (Å²) in [5.74, 6) is 0. The van der Waals surface area contributed by atoms with Crippen LogP contribution >= 0.6 is 0 Å². The molecular weight excluding hydrogens is 338 g/mol. The van der Waals surface area contributed by atoms with Crippen LogP contribution in [0.4, 0.5) is 0 Å². The molecule has 0 aromatic heterocycles. The molecule has 0 bridgehead atoms. The molecule has 0 aliphatic carbocycles. The van der Waals surface area contributed by atoms with Gasteiger partial charge < -0.3 is 14.8 Å². The highest BCUT2D eigenvalue weighted by Gasteiger charge is 2.49. The largest absolute Gasteiger partial charge is 0.407 e. The zero-order valence-electron chi connectivity index (χ0n) is 16.5. The van der Waals surface area contributed by atoms with Crippen LogP contribution in [-0.2, 0) is 4.43 Å². The first-order valence-corrected chi connectivity index (χ1v) is 11.4. The van der Waals surface area contributed by atoms with Crippen molar-refractivity contribution in [1.29, 1.82) is 0 Å². The van der Waals surface area contributed by atoms with E-state index in [-0.39, 0.29) is 11.6 Å². The maximum atomic E-state index is 8.99. The van der Waals surface area contributed by atoms with Gasteiger partial charge in [0, 0.05) is 19.2 Å². The molecule has 0 saturated carbocycles. The lowest BCUT2D eigenvalue weighted by atomic mass is 10.2. The molecule has 2 aromatic carbocycles. The van der Waals surface area contributed by atoms with Crippen LogP contribution in [0.25, 0.3) is 0 Å². The molecule has 4 heteroatoms. The van der Waals surface area contributed by atoms with Gasteiger partial charge in [0.25, 0.3) is 8.32 Å². The average molecular weight is 372 g/mol. The normalized spacial score (nSPS) is 13.6. The average Bonchev–Trinajstić information content (AvgIpc) is 2.64. The Morgan fingerprint density at radius 1 is 0.962 bits per heavy atom. The van der Waals surface area contributed by atoms with E-state index in [1.807, 2.05) is 0 Å². The molecule has 3 nitrogen and oxygen atoms in total. The minimum Gasteiger partial charge on any atom is -0.407 e. The van der Waals surface area contributed by atoms with E-state index in [1.165, 1.54) is 10.4 Å². The van der Waals surface area contributed by atoms with Crippen molar-refractivity contribution in [2.24, 2.45) is 0 Å². The van der Waals surface area contributed by atoms with Gasteiger partial charge in [0.05, 0.1) is 6.61 Å². The Morgan fingerprint density at radius 2 is 1.46 bits per heavy atom. The fourth-order valence-electron chi connectivity index (χ4n) is 3.56. The Labute approximate surface area is 159 Å². The van der Waals surface area contributed by atoms with E-state index >= 15 is 0 Å². The summed E-state index contributed by atoms with van der Waals surface area (Å²) in [6.45, 7) is 10.5. The SMILES string of the molecule is C[C@@H](CCO[Si](c1ccccc1)(c1ccccc1)C(C)(C)C)NCCO. The predicted octanol–water partition coefficient (Wildman–Crippen LogP) is 2.92. The van der Waals surface area contributed by atoms with E-state index in [2.05, 4.69) is 93.7 Å². The number of aliphatic hydroxyl groups is 1. The highest BCUT2D eigenvalue weighted by Crippen LogP contribution is 2.36. The smallest absolute Gasteiger partial charge is 0.261 e. The Balaban J connectivity index is 2.35. The van der Waals surface area contributed by atoms with Crippen LogP contribution in [0, 0.1) is 0 Å². The minimum atomic E-state index is -2.42. The molecule has 142 valence electrons. The molecule has 0 spiro atoms. The van der Waals surface area contributed by atoms with Crippen LogP contribution in [0.3, 0.4) is 0 Å². The number of aliphatic hydroxyl groups excluding tert-OH is 1.